The van der Waals surface area contributed by atoms with E-state index in [-0.39, 0.29) is 12.7 Å². The van der Waals surface area contributed by atoms with Gasteiger partial charge in [-0.2, -0.15) is 0 Å². The Labute approximate surface area is 265 Å². The lowest BCUT2D eigenvalue weighted by molar-refractivity contribution is -0.0273. The van der Waals surface area contributed by atoms with Crippen LogP contribution in [-0.4, -0.2) is 35.2 Å². The summed E-state index contributed by atoms with van der Waals surface area (Å²) in [5, 5.41) is 6.96. The second-order valence-electron chi connectivity index (χ2n) is 8.55. The van der Waals surface area contributed by atoms with Gasteiger partial charge in [-0.25, -0.2) is 4.79 Å². The van der Waals surface area contributed by atoms with Crippen molar-refractivity contribution >= 4 is 90.4 Å². The number of ether oxygens (including phenoxy) is 2. The summed E-state index contributed by atoms with van der Waals surface area (Å²) in [6, 6.07) is 19.7. The summed E-state index contributed by atoms with van der Waals surface area (Å²) in [7, 11) is 0. The molecular weight excluding hydrogens is 663 g/mol. The summed E-state index contributed by atoms with van der Waals surface area (Å²) in [4.78, 5) is 33.4. The standard InChI is InChI=1S/C17H17Cl2NO3.C13H8BrN3OS/c1-3-22-10-23-17(21)12-6-4-5-7-14(12)20-16-13(18)9-8-11(2)15(16)19;14-11-5-4-10(19-11)13(18)17-9-3-1-2-8-12(9)16-7-6-15-8/h4-9,20H,3,10H2,1-2H3;1-7H,(H,17,18). The molecule has 0 aliphatic carbocycles. The Morgan fingerprint density at radius 1 is 0.952 bits per heavy atom. The van der Waals surface area contributed by atoms with Crippen LogP contribution in [0.2, 0.25) is 10.0 Å². The van der Waals surface area contributed by atoms with Crippen molar-refractivity contribution in [1.29, 1.82) is 0 Å². The zero-order chi connectivity index (χ0) is 30.1. The number of aromatic nitrogens is 2. The normalized spacial score (nSPS) is 10.5. The molecule has 5 rings (SSSR count). The number of fused-ring (bicyclic) bond motifs is 1. The Bertz CT molecular complexity index is 1710. The summed E-state index contributed by atoms with van der Waals surface area (Å²) in [6.07, 6.45) is 3.24. The predicted molar refractivity (Wildman–Crippen MR) is 172 cm³/mol. The SMILES string of the molecule is CCOCOC(=O)c1ccccc1Nc1c(Cl)ccc(C)c1Cl.O=C(Nc1cccc2nccnc12)c1ccc(Br)s1. The highest BCUT2D eigenvalue weighted by atomic mass is 79.9. The first-order chi connectivity index (χ1) is 20.3. The van der Waals surface area contributed by atoms with Crippen LogP contribution in [0, 0.1) is 6.92 Å². The second kappa shape index (κ2) is 15.1. The molecule has 0 spiro atoms. The van der Waals surface area contributed by atoms with Crippen molar-refractivity contribution in [2.24, 2.45) is 0 Å². The van der Waals surface area contributed by atoms with E-state index in [1.54, 1.807) is 48.8 Å². The molecule has 0 aliphatic heterocycles. The lowest BCUT2D eigenvalue weighted by Gasteiger charge is -2.15. The van der Waals surface area contributed by atoms with Crippen LogP contribution < -0.4 is 10.6 Å². The van der Waals surface area contributed by atoms with E-state index in [0.29, 0.717) is 49.7 Å². The van der Waals surface area contributed by atoms with E-state index in [1.807, 2.05) is 44.2 Å². The van der Waals surface area contributed by atoms with Crippen molar-refractivity contribution in [2.75, 3.05) is 24.0 Å². The number of aryl methyl sites for hydroxylation is 1. The quantitative estimate of drug-likeness (QED) is 0.0954. The van der Waals surface area contributed by atoms with E-state index < -0.39 is 5.97 Å². The lowest BCUT2D eigenvalue weighted by Crippen LogP contribution is -2.11. The number of amides is 1. The third-order valence-corrected chi connectivity index (χ3v) is 8.14. The molecule has 1 amide bonds. The maximum atomic E-state index is 12.2. The maximum Gasteiger partial charge on any atom is 0.342 e. The van der Waals surface area contributed by atoms with Gasteiger partial charge in [-0.3, -0.25) is 14.8 Å². The molecule has 0 saturated carbocycles. The van der Waals surface area contributed by atoms with Crippen molar-refractivity contribution in [1.82, 2.24) is 9.97 Å². The molecule has 5 aromatic rings. The van der Waals surface area contributed by atoms with Crippen LogP contribution in [-0.2, 0) is 9.47 Å². The molecule has 12 heteroatoms. The second-order valence-corrected chi connectivity index (χ2v) is 11.8. The average molecular weight is 688 g/mol. The van der Waals surface area contributed by atoms with Gasteiger partial charge in [0.2, 0.25) is 0 Å². The van der Waals surface area contributed by atoms with Crippen LogP contribution in [0.15, 0.2) is 82.9 Å². The summed E-state index contributed by atoms with van der Waals surface area (Å²) < 4.78 is 11.0. The Hall–Kier alpha value is -3.54. The van der Waals surface area contributed by atoms with Gasteiger partial charge in [0.1, 0.15) is 5.52 Å². The van der Waals surface area contributed by atoms with Crippen LogP contribution in [0.1, 0.15) is 32.5 Å². The molecule has 0 unspecified atom stereocenters. The van der Waals surface area contributed by atoms with E-state index >= 15 is 0 Å². The number of benzene rings is 3. The minimum Gasteiger partial charge on any atom is -0.435 e. The van der Waals surface area contributed by atoms with Crippen molar-refractivity contribution in [3.63, 3.8) is 0 Å². The number of hydrogen-bond donors (Lipinski definition) is 2. The zero-order valence-electron chi connectivity index (χ0n) is 22.5. The van der Waals surface area contributed by atoms with Gasteiger partial charge in [-0.1, -0.05) is 47.5 Å². The van der Waals surface area contributed by atoms with Crippen LogP contribution in [0.3, 0.4) is 0 Å². The molecule has 216 valence electrons. The molecule has 8 nitrogen and oxygen atoms in total. The molecule has 2 aromatic heterocycles. The van der Waals surface area contributed by atoms with Gasteiger partial charge < -0.3 is 20.1 Å². The fraction of sp³-hybridized carbons (Fsp3) is 0.133. The van der Waals surface area contributed by atoms with Crippen LogP contribution in [0.25, 0.3) is 11.0 Å². The summed E-state index contributed by atoms with van der Waals surface area (Å²) in [6.45, 7) is 4.09. The first-order valence-electron chi connectivity index (χ1n) is 12.6. The molecule has 2 heterocycles. The lowest BCUT2D eigenvalue weighted by atomic mass is 10.1. The number of nitrogens with zero attached hydrogens (tertiary/aromatic N) is 2. The number of nitrogens with one attached hydrogen (secondary N) is 2. The number of rotatable bonds is 8. The zero-order valence-corrected chi connectivity index (χ0v) is 26.4. The maximum absolute atomic E-state index is 12.2. The van der Waals surface area contributed by atoms with Gasteiger partial charge in [0.15, 0.2) is 6.79 Å². The molecule has 0 saturated heterocycles. The molecule has 42 heavy (non-hydrogen) atoms. The number of esters is 1. The fourth-order valence-electron chi connectivity index (χ4n) is 3.65. The smallest absolute Gasteiger partial charge is 0.342 e. The Morgan fingerprint density at radius 2 is 1.71 bits per heavy atom. The molecule has 2 N–H and O–H groups in total. The van der Waals surface area contributed by atoms with Gasteiger partial charge in [-0.15, -0.1) is 11.3 Å². The number of halogens is 3. The first-order valence-corrected chi connectivity index (χ1v) is 15.0. The molecule has 3 aromatic carbocycles. The monoisotopic (exact) mass is 686 g/mol. The average Bonchev–Trinajstić information content (AvgIpc) is 3.44. The summed E-state index contributed by atoms with van der Waals surface area (Å²) >= 11 is 17.2. The van der Waals surface area contributed by atoms with Crippen molar-refractivity contribution in [2.45, 2.75) is 13.8 Å². The number of hydrogen-bond acceptors (Lipinski definition) is 8. The number of carbonyl (C=O) groups is 2. The summed E-state index contributed by atoms with van der Waals surface area (Å²) in [5.41, 5.74) is 4.49. The van der Waals surface area contributed by atoms with E-state index in [0.717, 1.165) is 14.9 Å². The van der Waals surface area contributed by atoms with Crippen molar-refractivity contribution < 1.29 is 19.1 Å². The van der Waals surface area contributed by atoms with E-state index in [9.17, 15) is 9.59 Å². The molecule has 0 aliphatic rings. The number of para-hydroxylation sites is 2. The third kappa shape index (κ3) is 8.05. The topological polar surface area (TPSA) is 102 Å². The minimum atomic E-state index is -0.485. The van der Waals surface area contributed by atoms with Crippen LogP contribution in [0.5, 0.6) is 0 Å². The molecular formula is C30H25BrCl2N4O4S. The number of anilines is 3. The fourth-order valence-corrected chi connectivity index (χ4v) is 5.39. The van der Waals surface area contributed by atoms with Crippen molar-refractivity contribution in [3.8, 4) is 0 Å². The van der Waals surface area contributed by atoms with Crippen LogP contribution in [0.4, 0.5) is 17.1 Å². The summed E-state index contributed by atoms with van der Waals surface area (Å²) in [5.74, 6) is -0.629. The first kappa shape index (κ1) is 31.4. The van der Waals surface area contributed by atoms with Gasteiger partial charge in [0.25, 0.3) is 5.91 Å². The Balaban J connectivity index is 0.000000196. The Kier molecular flexibility index (Phi) is 11.3. The molecule has 0 atom stereocenters. The van der Waals surface area contributed by atoms with E-state index in [2.05, 4.69) is 36.5 Å². The van der Waals surface area contributed by atoms with Gasteiger partial charge >= 0.3 is 5.97 Å². The van der Waals surface area contributed by atoms with Gasteiger partial charge in [-0.05, 0) is 77.8 Å². The minimum absolute atomic E-state index is 0.0877. The highest BCUT2D eigenvalue weighted by Crippen LogP contribution is 2.36. The molecule has 0 fully saturated rings. The van der Waals surface area contributed by atoms with Crippen LogP contribution >= 0.6 is 50.5 Å². The number of thiophene rings is 1. The highest BCUT2D eigenvalue weighted by Gasteiger charge is 2.16. The molecule has 0 bridgehead atoms. The van der Waals surface area contributed by atoms with Crippen molar-refractivity contribution in [3.05, 3.63) is 109 Å². The van der Waals surface area contributed by atoms with Gasteiger partial charge in [0, 0.05) is 19.0 Å². The van der Waals surface area contributed by atoms with Gasteiger partial charge in [0.05, 0.1) is 46.9 Å². The number of carbonyl (C=O) groups excluding carboxylic acids is 2. The highest BCUT2D eigenvalue weighted by molar-refractivity contribution is 9.11. The Morgan fingerprint density at radius 3 is 2.48 bits per heavy atom. The molecule has 0 radical (unpaired) electrons. The largest absolute Gasteiger partial charge is 0.435 e. The predicted octanol–water partition coefficient (Wildman–Crippen LogP) is 8.90. The third-order valence-electron chi connectivity index (χ3n) is 5.71. The van der Waals surface area contributed by atoms with E-state index in [1.165, 1.54) is 11.3 Å². The van der Waals surface area contributed by atoms with E-state index in [4.69, 9.17) is 32.7 Å².